The molecule has 3 aromatic carbocycles. The Morgan fingerprint density at radius 2 is 1.50 bits per heavy atom. The largest absolute Gasteiger partial charge is 0.445 e. The van der Waals surface area contributed by atoms with Gasteiger partial charge in [0.25, 0.3) is 0 Å². The molecule has 0 radical (unpaired) electrons. The van der Waals surface area contributed by atoms with E-state index in [1.807, 2.05) is 83.8 Å². The third-order valence-electron chi connectivity index (χ3n) is 6.76. The van der Waals surface area contributed by atoms with Crippen LogP contribution in [0.2, 0.25) is 0 Å². The number of hydrogen-bond acceptors (Lipinski definition) is 5. The molecule has 4 N–H and O–H groups in total. The summed E-state index contributed by atoms with van der Waals surface area (Å²) in [5.74, 6) is -0.424. The molecule has 0 unspecified atom stereocenters. The van der Waals surface area contributed by atoms with Crippen LogP contribution in [0.15, 0.2) is 84.9 Å². The highest BCUT2D eigenvalue weighted by Gasteiger charge is 2.34. The number of ether oxygens (including phenoxy) is 1. The molecule has 0 aliphatic carbocycles. The summed E-state index contributed by atoms with van der Waals surface area (Å²) in [5.41, 5.74) is 9.06. The molecule has 38 heavy (non-hydrogen) atoms. The number of nitrogens with one attached hydrogen (secondary N) is 2. The van der Waals surface area contributed by atoms with Crippen LogP contribution in [-0.4, -0.2) is 41.9 Å². The topological polar surface area (TPSA) is 114 Å². The van der Waals surface area contributed by atoms with Crippen LogP contribution in [0.3, 0.4) is 0 Å². The van der Waals surface area contributed by atoms with E-state index in [0.717, 1.165) is 16.7 Å². The van der Waals surface area contributed by atoms with Gasteiger partial charge in [0.15, 0.2) is 0 Å². The molecule has 0 aromatic heterocycles. The van der Waals surface area contributed by atoms with Crippen LogP contribution >= 0.6 is 0 Å². The molecule has 0 spiro atoms. The summed E-state index contributed by atoms with van der Waals surface area (Å²) in [6.45, 7) is 1.49. The Morgan fingerprint density at radius 3 is 2.16 bits per heavy atom. The molecule has 0 bridgehead atoms. The fraction of sp³-hybridized carbons (Fsp3) is 0.300. The highest BCUT2D eigenvalue weighted by Crippen LogP contribution is 2.23. The summed E-state index contributed by atoms with van der Waals surface area (Å²) in [4.78, 5) is 40.7. The smallest absolute Gasteiger partial charge is 0.408 e. The lowest BCUT2D eigenvalue weighted by molar-refractivity contribution is -0.132. The van der Waals surface area contributed by atoms with E-state index >= 15 is 0 Å². The quantitative estimate of drug-likeness (QED) is 0.401. The summed E-state index contributed by atoms with van der Waals surface area (Å²) in [7, 11) is 0. The van der Waals surface area contributed by atoms with Crippen molar-refractivity contribution < 1.29 is 19.1 Å². The number of nitrogens with two attached hydrogens (primary N) is 1. The van der Waals surface area contributed by atoms with Crippen LogP contribution in [0.25, 0.3) is 0 Å². The number of amides is 3. The van der Waals surface area contributed by atoms with Crippen molar-refractivity contribution in [1.29, 1.82) is 0 Å². The van der Waals surface area contributed by atoms with Crippen molar-refractivity contribution in [2.45, 2.75) is 38.5 Å². The Kier molecular flexibility index (Phi) is 9.48. The predicted molar refractivity (Wildman–Crippen MR) is 146 cm³/mol. The van der Waals surface area contributed by atoms with Gasteiger partial charge in [0.1, 0.15) is 12.6 Å². The van der Waals surface area contributed by atoms with Gasteiger partial charge in [-0.05, 0) is 47.6 Å². The summed E-state index contributed by atoms with van der Waals surface area (Å²) in [6, 6.07) is 25.5. The first kappa shape index (κ1) is 26.9. The number of carbonyl (C=O) groups excluding carboxylic acids is 3. The highest BCUT2D eigenvalue weighted by molar-refractivity contribution is 5.97. The van der Waals surface area contributed by atoms with Gasteiger partial charge < -0.3 is 26.0 Å². The molecule has 198 valence electrons. The molecule has 1 saturated heterocycles. The van der Waals surface area contributed by atoms with Crippen LogP contribution in [0.5, 0.6) is 0 Å². The zero-order valence-electron chi connectivity index (χ0n) is 21.3. The molecule has 0 saturated carbocycles. The molecule has 1 atom stereocenters. The van der Waals surface area contributed by atoms with Crippen molar-refractivity contribution in [3.63, 3.8) is 0 Å². The highest BCUT2D eigenvalue weighted by atomic mass is 16.5. The SMILES string of the molecule is NCc1cccc(NC(=O)[C@H](NC(=O)OCc2ccccc2)C2CCN(C(=O)Cc3ccccc3)CC2)c1. The lowest BCUT2D eigenvalue weighted by atomic mass is 9.88. The molecule has 8 nitrogen and oxygen atoms in total. The van der Waals surface area contributed by atoms with E-state index < -0.39 is 12.1 Å². The molecular weight excluding hydrogens is 480 g/mol. The van der Waals surface area contributed by atoms with E-state index in [2.05, 4.69) is 10.6 Å². The molecule has 3 aromatic rings. The van der Waals surface area contributed by atoms with Crippen LogP contribution in [0, 0.1) is 5.92 Å². The summed E-state index contributed by atoms with van der Waals surface area (Å²) >= 11 is 0. The zero-order valence-corrected chi connectivity index (χ0v) is 21.3. The predicted octanol–water partition coefficient (Wildman–Crippen LogP) is 3.86. The molecule has 3 amide bonds. The third kappa shape index (κ3) is 7.66. The molecule has 4 rings (SSSR count). The average Bonchev–Trinajstić information content (AvgIpc) is 2.96. The number of carbonyl (C=O) groups is 3. The van der Waals surface area contributed by atoms with Gasteiger partial charge in [0.05, 0.1) is 6.42 Å². The number of nitrogens with zero attached hydrogens (tertiary/aromatic N) is 1. The van der Waals surface area contributed by atoms with Crippen molar-refractivity contribution in [2.75, 3.05) is 18.4 Å². The van der Waals surface area contributed by atoms with Gasteiger partial charge in [0, 0.05) is 25.3 Å². The first-order valence-electron chi connectivity index (χ1n) is 12.9. The van der Waals surface area contributed by atoms with Crippen LogP contribution < -0.4 is 16.4 Å². The van der Waals surface area contributed by atoms with E-state index in [-0.39, 0.29) is 24.3 Å². The minimum absolute atomic E-state index is 0.0597. The van der Waals surface area contributed by atoms with Gasteiger partial charge in [0.2, 0.25) is 11.8 Å². The number of likely N-dealkylation sites (tertiary alicyclic amines) is 1. The minimum Gasteiger partial charge on any atom is -0.445 e. The zero-order chi connectivity index (χ0) is 26.7. The van der Waals surface area contributed by atoms with Gasteiger partial charge in [-0.2, -0.15) is 0 Å². The van der Waals surface area contributed by atoms with Gasteiger partial charge >= 0.3 is 6.09 Å². The van der Waals surface area contributed by atoms with Crippen molar-refractivity contribution in [2.24, 2.45) is 11.7 Å². The Balaban J connectivity index is 1.40. The van der Waals surface area contributed by atoms with E-state index in [4.69, 9.17) is 10.5 Å². The number of hydrogen-bond donors (Lipinski definition) is 3. The van der Waals surface area contributed by atoms with Crippen LogP contribution in [0.4, 0.5) is 10.5 Å². The molecule has 1 heterocycles. The summed E-state index contributed by atoms with van der Waals surface area (Å²) in [6.07, 6.45) is 0.852. The number of piperidine rings is 1. The van der Waals surface area contributed by atoms with Gasteiger partial charge in [-0.25, -0.2) is 4.79 Å². The number of alkyl carbamates (subject to hydrolysis) is 1. The first-order chi connectivity index (χ1) is 18.5. The van der Waals surface area contributed by atoms with E-state index in [0.29, 0.717) is 44.6 Å². The van der Waals surface area contributed by atoms with E-state index in [1.54, 1.807) is 6.07 Å². The van der Waals surface area contributed by atoms with E-state index in [9.17, 15) is 14.4 Å². The Labute approximate surface area is 223 Å². The second kappa shape index (κ2) is 13.4. The fourth-order valence-electron chi connectivity index (χ4n) is 4.65. The summed E-state index contributed by atoms with van der Waals surface area (Å²) < 4.78 is 5.40. The monoisotopic (exact) mass is 514 g/mol. The van der Waals surface area contributed by atoms with Crippen molar-refractivity contribution in [3.05, 3.63) is 102 Å². The average molecular weight is 515 g/mol. The van der Waals surface area contributed by atoms with Gasteiger partial charge in [-0.15, -0.1) is 0 Å². The maximum absolute atomic E-state index is 13.4. The molecule has 1 aliphatic rings. The van der Waals surface area contributed by atoms with Crippen molar-refractivity contribution >= 4 is 23.6 Å². The fourth-order valence-corrected chi connectivity index (χ4v) is 4.65. The maximum atomic E-state index is 13.4. The lowest BCUT2D eigenvalue weighted by Gasteiger charge is -2.35. The Morgan fingerprint density at radius 1 is 0.868 bits per heavy atom. The van der Waals surface area contributed by atoms with Crippen molar-refractivity contribution in [3.8, 4) is 0 Å². The standard InChI is InChI=1S/C30H34N4O4/c31-20-24-12-7-13-26(18-24)32-29(36)28(33-30(37)38-21-23-10-5-2-6-11-23)25-14-16-34(17-15-25)27(35)19-22-8-3-1-4-9-22/h1-13,18,25,28H,14-17,19-21,31H2,(H,32,36)(H,33,37)/t28-/m1/s1. The van der Waals surface area contributed by atoms with Crippen molar-refractivity contribution in [1.82, 2.24) is 10.2 Å². The second-order valence-corrected chi connectivity index (χ2v) is 9.46. The minimum atomic E-state index is -0.814. The number of anilines is 1. The number of rotatable bonds is 9. The third-order valence-corrected chi connectivity index (χ3v) is 6.76. The van der Waals surface area contributed by atoms with E-state index in [1.165, 1.54) is 0 Å². The second-order valence-electron chi connectivity index (χ2n) is 9.46. The molecule has 1 aliphatic heterocycles. The Hall–Kier alpha value is -4.17. The van der Waals surface area contributed by atoms with Gasteiger partial charge in [-0.1, -0.05) is 72.8 Å². The lowest BCUT2D eigenvalue weighted by Crippen LogP contribution is -2.52. The first-order valence-corrected chi connectivity index (χ1v) is 12.9. The van der Waals surface area contributed by atoms with Crippen LogP contribution in [-0.2, 0) is 33.9 Å². The molecule has 1 fully saturated rings. The van der Waals surface area contributed by atoms with Gasteiger partial charge in [-0.3, -0.25) is 9.59 Å². The maximum Gasteiger partial charge on any atom is 0.408 e. The Bertz CT molecular complexity index is 1210. The molecular formula is C30H34N4O4. The molecule has 8 heteroatoms. The summed E-state index contributed by atoms with van der Waals surface area (Å²) in [5, 5.41) is 5.70. The number of benzene rings is 3. The van der Waals surface area contributed by atoms with Crippen LogP contribution in [0.1, 0.15) is 29.5 Å². The normalized spacial score (nSPS) is 14.4.